The first-order chi connectivity index (χ1) is 9.18. The van der Waals surface area contributed by atoms with Crippen molar-refractivity contribution in [1.82, 2.24) is 0 Å². The quantitative estimate of drug-likeness (QED) is 0.860. The SMILES string of the molecule is COc1ccc(B2OC(C)(C)C(C)(C)O2)cc1[C@H](C)O. The van der Waals surface area contributed by atoms with Gasteiger partial charge in [0.25, 0.3) is 0 Å². The number of rotatable bonds is 3. The maximum atomic E-state index is 9.85. The van der Waals surface area contributed by atoms with E-state index in [1.54, 1.807) is 14.0 Å². The molecule has 0 aliphatic carbocycles. The zero-order valence-corrected chi connectivity index (χ0v) is 13.1. The van der Waals surface area contributed by atoms with Crippen LogP contribution >= 0.6 is 0 Å². The Morgan fingerprint density at radius 2 is 1.70 bits per heavy atom. The highest BCUT2D eigenvalue weighted by molar-refractivity contribution is 6.62. The summed E-state index contributed by atoms with van der Waals surface area (Å²) in [6.07, 6.45) is -0.604. The number of aliphatic hydroxyl groups excluding tert-OH is 1. The van der Waals surface area contributed by atoms with Crippen molar-refractivity contribution in [3.63, 3.8) is 0 Å². The Hall–Kier alpha value is -1.04. The van der Waals surface area contributed by atoms with Crippen molar-refractivity contribution in [3.8, 4) is 5.75 Å². The lowest BCUT2D eigenvalue weighted by Crippen LogP contribution is -2.41. The van der Waals surface area contributed by atoms with E-state index in [0.29, 0.717) is 5.75 Å². The second-order valence-electron chi connectivity index (χ2n) is 6.27. The van der Waals surface area contributed by atoms with Crippen molar-refractivity contribution >= 4 is 12.6 Å². The van der Waals surface area contributed by atoms with Crippen LogP contribution in [0.15, 0.2) is 18.2 Å². The molecule has 110 valence electrons. The van der Waals surface area contributed by atoms with E-state index in [1.165, 1.54) is 0 Å². The number of hydrogen-bond acceptors (Lipinski definition) is 4. The molecule has 0 saturated carbocycles. The van der Waals surface area contributed by atoms with Crippen molar-refractivity contribution in [3.05, 3.63) is 23.8 Å². The molecule has 0 bridgehead atoms. The van der Waals surface area contributed by atoms with Gasteiger partial charge in [0.2, 0.25) is 0 Å². The third-order valence-electron chi connectivity index (χ3n) is 4.23. The van der Waals surface area contributed by atoms with Crippen LogP contribution in [0.1, 0.15) is 46.3 Å². The molecule has 1 aromatic carbocycles. The molecule has 1 atom stereocenters. The number of hydrogen-bond donors (Lipinski definition) is 1. The maximum absolute atomic E-state index is 9.85. The number of benzene rings is 1. The van der Waals surface area contributed by atoms with E-state index in [9.17, 15) is 5.11 Å². The van der Waals surface area contributed by atoms with Crippen molar-refractivity contribution < 1.29 is 19.2 Å². The molecule has 1 fully saturated rings. The van der Waals surface area contributed by atoms with Crippen molar-refractivity contribution in [2.45, 2.75) is 51.9 Å². The lowest BCUT2D eigenvalue weighted by atomic mass is 9.78. The lowest BCUT2D eigenvalue weighted by molar-refractivity contribution is 0.00578. The molecule has 0 aromatic heterocycles. The van der Waals surface area contributed by atoms with Crippen LogP contribution in [0.25, 0.3) is 0 Å². The summed E-state index contributed by atoms with van der Waals surface area (Å²) in [6.45, 7) is 9.79. The summed E-state index contributed by atoms with van der Waals surface area (Å²) in [5, 5.41) is 9.85. The summed E-state index contributed by atoms with van der Waals surface area (Å²) < 4.78 is 17.3. The van der Waals surface area contributed by atoms with Gasteiger partial charge in [-0.1, -0.05) is 12.1 Å². The second-order valence-corrected chi connectivity index (χ2v) is 6.27. The highest BCUT2D eigenvalue weighted by Crippen LogP contribution is 2.37. The molecule has 20 heavy (non-hydrogen) atoms. The van der Waals surface area contributed by atoms with Gasteiger partial charge in [0.05, 0.1) is 24.4 Å². The lowest BCUT2D eigenvalue weighted by Gasteiger charge is -2.32. The molecule has 2 rings (SSSR count). The molecular weight excluding hydrogens is 255 g/mol. The van der Waals surface area contributed by atoms with Gasteiger partial charge in [-0.3, -0.25) is 0 Å². The van der Waals surface area contributed by atoms with E-state index in [-0.39, 0.29) is 11.2 Å². The molecule has 1 aliphatic rings. The van der Waals surface area contributed by atoms with Crippen LogP contribution in [0.4, 0.5) is 0 Å². The summed E-state index contributed by atoms with van der Waals surface area (Å²) in [4.78, 5) is 0. The zero-order valence-electron chi connectivity index (χ0n) is 13.1. The average molecular weight is 278 g/mol. The minimum atomic E-state index is -0.604. The average Bonchev–Trinajstić information content (AvgIpc) is 2.57. The summed E-state index contributed by atoms with van der Waals surface area (Å²) in [6, 6.07) is 5.63. The number of methoxy groups -OCH3 is 1. The minimum Gasteiger partial charge on any atom is -0.496 e. The second kappa shape index (κ2) is 5.06. The number of aliphatic hydroxyl groups is 1. The molecule has 1 aliphatic heterocycles. The van der Waals surface area contributed by atoms with Crippen LogP contribution < -0.4 is 10.2 Å². The number of ether oxygens (including phenoxy) is 1. The molecule has 0 radical (unpaired) electrons. The van der Waals surface area contributed by atoms with E-state index < -0.39 is 13.2 Å². The summed E-state index contributed by atoms with van der Waals surface area (Å²) in [5.41, 5.74) is 0.880. The Bertz CT molecular complexity index is 481. The van der Waals surface area contributed by atoms with Crippen molar-refractivity contribution in [1.29, 1.82) is 0 Å². The van der Waals surface area contributed by atoms with Gasteiger partial charge in [-0.25, -0.2) is 0 Å². The smallest absolute Gasteiger partial charge is 0.494 e. The minimum absolute atomic E-state index is 0.372. The Balaban J connectivity index is 2.34. The molecule has 1 saturated heterocycles. The zero-order chi connectivity index (χ0) is 15.1. The van der Waals surface area contributed by atoms with E-state index >= 15 is 0 Å². The van der Waals surface area contributed by atoms with Crippen molar-refractivity contribution in [2.75, 3.05) is 7.11 Å². The monoisotopic (exact) mass is 278 g/mol. The van der Waals surface area contributed by atoms with E-state index in [1.807, 2.05) is 45.9 Å². The fourth-order valence-corrected chi connectivity index (χ4v) is 2.21. The van der Waals surface area contributed by atoms with E-state index in [0.717, 1.165) is 11.0 Å². The topological polar surface area (TPSA) is 47.9 Å². The highest BCUT2D eigenvalue weighted by atomic mass is 16.7. The van der Waals surface area contributed by atoms with Crippen LogP contribution in [0, 0.1) is 0 Å². The highest BCUT2D eigenvalue weighted by Gasteiger charge is 2.51. The molecule has 4 nitrogen and oxygen atoms in total. The molecule has 1 heterocycles. The Labute approximate surface area is 121 Å². The first-order valence-corrected chi connectivity index (χ1v) is 6.89. The van der Waals surface area contributed by atoms with Gasteiger partial charge in [-0.05, 0) is 46.1 Å². The van der Waals surface area contributed by atoms with Gasteiger partial charge in [0.1, 0.15) is 5.75 Å². The van der Waals surface area contributed by atoms with Crippen LogP contribution in [-0.4, -0.2) is 30.5 Å². The third-order valence-corrected chi connectivity index (χ3v) is 4.23. The molecular formula is C15H23BO4. The fourth-order valence-electron chi connectivity index (χ4n) is 2.21. The summed E-state index contributed by atoms with van der Waals surface area (Å²) >= 11 is 0. The van der Waals surface area contributed by atoms with Crippen LogP contribution in [-0.2, 0) is 9.31 Å². The molecule has 1 N–H and O–H groups in total. The van der Waals surface area contributed by atoms with Crippen LogP contribution in [0.3, 0.4) is 0 Å². The summed E-state index contributed by atoms with van der Waals surface area (Å²) in [5.74, 6) is 0.667. The van der Waals surface area contributed by atoms with Crippen LogP contribution in [0.5, 0.6) is 5.75 Å². The fraction of sp³-hybridized carbons (Fsp3) is 0.600. The van der Waals surface area contributed by atoms with Gasteiger partial charge in [-0.15, -0.1) is 0 Å². The first kappa shape index (κ1) is 15.4. The Morgan fingerprint density at radius 1 is 1.15 bits per heavy atom. The molecule has 0 unspecified atom stereocenters. The van der Waals surface area contributed by atoms with Gasteiger partial charge < -0.3 is 19.2 Å². The Morgan fingerprint density at radius 3 is 2.15 bits per heavy atom. The van der Waals surface area contributed by atoms with Gasteiger partial charge >= 0.3 is 7.12 Å². The van der Waals surface area contributed by atoms with E-state index in [4.69, 9.17) is 14.0 Å². The molecule has 0 amide bonds. The normalized spacial score (nSPS) is 21.9. The van der Waals surface area contributed by atoms with Gasteiger partial charge in [-0.2, -0.15) is 0 Å². The maximum Gasteiger partial charge on any atom is 0.494 e. The predicted octanol–water partition coefficient (Wildman–Crippen LogP) is 2.05. The van der Waals surface area contributed by atoms with Gasteiger partial charge in [0, 0.05) is 5.56 Å². The van der Waals surface area contributed by atoms with Crippen molar-refractivity contribution in [2.24, 2.45) is 0 Å². The predicted molar refractivity (Wildman–Crippen MR) is 79.3 cm³/mol. The summed E-state index contributed by atoms with van der Waals surface area (Å²) in [7, 11) is 1.17. The van der Waals surface area contributed by atoms with Crippen LogP contribution in [0.2, 0.25) is 0 Å². The molecule has 5 heteroatoms. The molecule has 0 spiro atoms. The molecule has 1 aromatic rings. The standard InChI is InChI=1S/C15H23BO4/c1-10(17)12-9-11(7-8-13(12)18-6)16-19-14(2,3)15(4,5)20-16/h7-10,17H,1-6H3/t10-/m0/s1. The largest absolute Gasteiger partial charge is 0.496 e. The third kappa shape index (κ3) is 2.58. The van der Waals surface area contributed by atoms with E-state index in [2.05, 4.69) is 0 Å². The Kier molecular flexibility index (Phi) is 3.89. The first-order valence-electron chi connectivity index (χ1n) is 6.89. The van der Waals surface area contributed by atoms with Gasteiger partial charge in [0.15, 0.2) is 0 Å².